The Morgan fingerprint density at radius 3 is 2.69 bits per heavy atom. The number of pyridine rings is 1. The summed E-state index contributed by atoms with van der Waals surface area (Å²) in [6.45, 7) is 2.07. The summed E-state index contributed by atoms with van der Waals surface area (Å²) in [5.41, 5.74) is 1.88. The van der Waals surface area contributed by atoms with E-state index in [-0.39, 0.29) is 17.2 Å². The normalized spacial score (nSPS) is 15.0. The van der Waals surface area contributed by atoms with Gasteiger partial charge in [-0.3, -0.25) is 4.79 Å². The van der Waals surface area contributed by atoms with Gasteiger partial charge in [0, 0.05) is 24.3 Å². The highest BCUT2D eigenvalue weighted by molar-refractivity contribution is 7.09. The number of thiazole rings is 1. The van der Waals surface area contributed by atoms with E-state index in [1.165, 1.54) is 49.9 Å². The molecule has 0 atom stereocenters. The van der Waals surface area contributed by atoms with Crippen LogP contribution in [0.3, 0.4) is 0 Å². The van der Waals surface area contributed by atoms with Gasteiger partial charge in [-0.15, -0.1) is 11.3 Å². The molecular formula is C19H23N3O3S. The Labute approximate surface area is 156 Å². The number of carbonyl (C=O) groups excluding carboxylic acids is 1. The fourth-order valence-corrected chi connectivity index (χ4v) is 4.19. The predicted molar refractivity (Wildman–Crippen MR) is 99.9 cm³/mol. The number of carboxylic acids is 1. The van der Waals surface area contributed by atoms with Crippen LogP contribution < -0.4 is 5.32 Å². The first-order valence-electron chi connectivity index (χ1n) is 8.98. The maximum Gasteiger partial charge on any atom is 0.337 e. The number of aromatic carboxylic acids is 1. The summed E-state index contributed by atoms with van der Waals surface area (Å²) in [6, 6.07) is 2.85. The number of rotatable bonds is 6. The van der Waals surface area contributed by atoms with Gasteiger partial charge in [-0.05, 0) is 31.9 Å². The van der Waals surface area contributed by atoms with Crippen LogP contribution in [0.25, 0.3) is 0 Å². The summed E-state index contributed by atoms with van der Waals surface area (Å²) in [5, 5.41) is 15.0. The second-order valence-corrected chi connectivity index (χ2v) is 7.58. The molecule has 2 heterocycles. The summed E-state index contributed by atoms with van der Waals surface area (Å²) in [6.07, 6.45) is 7.08. The number of carbonyl (C=O) groups is 2. The lowest BCUT2D eigenvalue weighted by atomic mass is 9.87. The summed E-state index contributed by atoms with van der Waals surface area (Å²) in [7, 11) is 0. The number of nitrogens with zero attached hydrogens (tertiary/aromatic N) is 2. The molecule has 1 aliphatic carbocycles. The fourth-order valence-electron chi connectivity index (χ4n) is 3.31. The molecule has 0 saturated heterocycles. The largest absolute Gasteiger partial charge is 0.478 e. The molecule has 26 heavy (non-hydrogen) atoms. The van der Waals surface area contributed by atoms with Crippen molar-refractivity contribution in [2.75, 3.05) is 6.54 Å². The van der Waals surface area contributed by atoms with Crippen LogP contribution in [0.1, 0.15) is 75.3 Å². The number of nitrogens with one attached hydrogen (secondary N) is 1. The number of aryl methyl sites for hydroxylation is 1. The van der Waals surface area contributed by atoms with E-state index >= 15 is 0 Å². The Balaban J connectivity index is 1.51. The Morgan fingerprint density at radius 1 is 1.23 bits per heavy atom. The zero-order valence-electron chi connectivity index (χ0n) is 14.8. The molecule has 0 spiro atoms. The molecule has 2 aromatic rings. The van der Waals surface area contributed by atoms with Crippen molar-refractivity contribution in [3.63, 3.8) is 0 Å². The maximum absolute atomic E-state index is 12.2. The van der Waals surface area contributed by atoms with Crippen LogP contribution in [-0.2, 0) is 6.42 Å². The van der Waals surface area contributed by atoms with Crippen LogP contribution in [0.15, 0.2) is 17.5 Å². The van der Waals surface area contributed by atoms with Crippen LogP contribution >= 0.6 is 11.3 Å². The van der Waals surface area contributed by atoms with Gasteiger partial charge in [0.15, 0.2) is 0 Å². The molecule has 6 nitrogen and oxygen atoms in total. The molecule has 0 bridgehead atoms. The lowest BCUT2D eigenvalue weighted by Crippen LogP contribution is -2.27. The quantitative estimate of drug-likeness (QED) is 0.808. The minimum atomic E-state index is -1.04. The number of amides is 1. The topological polar surface area (TPSA) is 92.2 Å². The van der Waals surface area contributed by atoms with Crippen LogP contribution in [0, 0.1) is 6.92 Å². The van der Waals surface area contributed by atoms with Gasteiger partial charge in [0.25, 0.3) is 5.91 Å². The molecule has 7 heteroatoms. The highest BCUT2D eigenvalue weighted by Gasteiger charge is 2.18. The average Bonchev–Trinajstić information content (AvgIpc) is 3.11. The van der Waals surface area contributed by atoms with Gasteiger partial charge >= 0.3 is 5.97 Å². The second kappa shape index (κ2) is 8.40. The third kappa shape index (κ3) is 4.46. The van der Waals surface area contributed by atoms with Crippen LogP contribution in [-0.4, -0.2) is 33.5 Å². The number of hydrogen-bond acceptors (Lipinski definition) is 5. The molecular weight excluding hydrogens is 350 g/mol. The number of hydrogen-bond donors (Lipinski definition) is 2. The van der Waals surface area contributed by atoms with Crippen molar-refractivity contribution in [2.24, 2.45) is 0 Å². The van der Waals surface area contributed by atoms with Gasteiger partial charge in [0.1, 0.15) is 5.69 Å². The third-order valence-corrected chi connectivity index (χ3v) is 5.69. The van der Waals surface area contributed by atoms with Crippen molar-refractivity contribution < 1.29 is 14.7 Å². The molecule has 0 aliphatic heterocycles. The molecule has 0 aromatic carbocycles. The summed E-state index contributed by atoms with van der Waals surface area (Å²) in [5.74, 6) is -0.739. The van der Waals surface area contributed by atoms with Crippen molar-refractivity contribution in [3.05, 3.63) is 45.2 Å². The van der Waals surface area contributed by atoms with E-state index in [0.717, 1.165) is 5.01 Å². The van der Waals surface area contributed by atoms with Crippen molar-refractivity contribution in [3.8, 4) is 0 Å². The van der Waals surface area contributed by atoms with Crippen LogP contribution in [0.5, 0.6) is 0 Å². The van der Waals surface area contributed by atoms with Crippen molar-refractivity contribution in [1.29, 1.82) is 0 Å². The standard InChI is InChI=1S/C19H23N3O3S/c1-12-14(19(24)25)7-8-15(21-12)18(23)20-10-9-17-22-16(11-26-17)13-5-3-2-4-6-13/h7-8,11,13H,2-6,9-10H2,1H3,(H,20,23)(H,24,25). The third-order valence-electron chi connectivity index (χ3n) is 4.77. The van der Waals surface area contributed by atoms with E-state index in [0.29, 0.717) is 24.6 Å². The van der Waals surface area contributed by atoms with E-state index in [4.69, 9.17) is 10.1 Å². The Morgan fingerprint density at radius 2 is 2.00 bits per heavy atom. The van der Waals surface area contributed by atoms with Gasteiger partial charge < -0.3 is 10.4 Å². The maximum atomic E-state index is 12.2. The SMILES string of the molecule is Cc1nc(C(=O)NCCc2nc(C3CCCCC3)cs2)ccc1C(=O)O. The lowest BCUT2D eigenvalue weighted by Gasteiger charge is -2.19. The van der Waals surface area contributed by atoms with Gasteiger partial charge in [-0.1, -0.05) is 19.3 Å². The van der Waals surface area contributed by atoms with Gasteiger partial charge in [-0.25, -0.2) is 14.8 Å². The second-order valence-electron chi connectivity index (χ2n) is 6.64. The highest BCUT2D eigenvalue weighted by atomic mass is 32.1. The molecule has 3 rings (SSSR count). The molecule has 0 unspecified atom stereocenters. The zero-order chi connectivity index (χ0) is 18.5. The number of carboxylic acid groups (broad SMARTS) is 1. The molecule has 138 valence electrons. The Kier molecular flexibility index (Phi) is 5.98. The van der Waals surface area contributed by atoms with Gasteiger partial charge in [0.2, 0.25) is 0 Å². The van der Waals surface area contributed by atoms with Gasteiger partial charge in [-0.2, -0.15) is 0 Å². The average molecular weight is 373 g/mol. The molecule has 1 fully saturated rings. The first-order chi connectivity index (χ1) is 12.5. The minimum Gasteiger partial charge on any atom is -0.478 e. The Bertz CT molecular complexity index is 797. The number of aromatic nitrogens is 2. The Hall–Kier alpha value is -2.28. The molecule has 1 aliphatic rings. The smallest absolute Gasteiger partial charge is 0.337 e. The van der Waals surface area contributed by atoms with Crippen molar-refractivity contribution in [1.82, 2.24) is 15.3 Å². The zero-order valence-corrected chi connectivity index (χ0v) is 15.6. The van der Waals surface area contributed by atoms with E-state index in [1.54, 1.807) is 18.3 Å². The lowest BCUT2D eigenvalue weighted by molar-refractivity contribution is 0.0694. The summed E-state index contributed by atoms with van der Waals surface area (Å²) < 4.78 is 0. The highest BCUT2D eigenvalue weighted by Crippen LogP contribution is 2.33. The monoisotopic (exact) mass is 373 g/mol. The van der Waals surface area contributed by atoms with Gasteiger partial charge in [0.05, 0.1) is 22.0 Å². The molecule has 2 N–H and O–H groups in total. The van der Waals surface area contributed by atoms with Crippen molar-refractivity contribution in [2.45, 2.75) is 51.4 Å². The summed E-state index contributed by atoms with van der Waals surface area (Å²) in [4.78, 5) is 32.0. The minimum absolute atomic E-state index is 0.111. The molecule has 0 radical (unpaired) electrons. The summed E-state index contributed by atoms with van der Waals surface area (Å²) >= 11 is 1.65. The molecule has 1 saturated carbocycles. The van der Waals surface area contributed by atoms with Crippen LogP contribution in [0.2, 0.25) is 0 Å². The predicted octanol–water partition coefficient (Wildman–Crippen LogP) is 3.56. The van der Waals surface area contributed by atoms with E-state index in [2.05, 4.69) is 15.7 Å². The van der Waals surface area contributed by atoms with E-state index < -0.39 is 5.97 Å². The fraction of sp³-hybridized carbons (Fsp3) is 0.474. The first kappa shape index (κ1) is 18.5. The molecule has 2 aromatic heterocycles. The van der Waals surface area contributed by atoms with E-state index in [1.807, 2.05) is 0 Å². The first-order valence-corrected chi connectivity index (χ1v) is 9.86. The van der Waals surface area contributed by atoms with Crippen molar-refractivity contribution >= 4 is 23.2 Å². The van der Waals surface area contributed by atoms with E-state index in [9.17, 15) is 9.59 Å². The molecule has 1 amide bonds. The van der Waals surface area contributed by atoms with Crippen LogP contribution in [0.4, 0.5) is 0 Å².